The Kier molecular flexibility index (Phi) is 3.92. The first-order valence-corrected chi connectivity index (χ1v) is 8.56. The Morgan fingerprint density at radius 1 is 1.12 bits per heavy atom. The van der Waals surface area contributed by atoms with Gasteiger partial charge in [0.1, 0.15) is 12.1 Å². The highest BCUT2D eigenvalue weighted by molar-refractivity contribution is 5.97. The lowest BCUT2D eigenvalue weighted by atomic mass is 9.75. The number of nitrogens with one attached hydrogen (secondary N) is 1. The van der Waals surface area contributed by atoms with Crippen molar-refractivity contribution in [2.24, 2.45) is 0 Å². The molecule has 2 unspecified atom stereocenters. The molecule has 128 valence electrons. The van der Waals surface area contributed by atoms with Crippen LogP contribution in [0, 0.1) is 0 Å². The number of β-lactam (4-membered cyclic amide) rings is 1. The molecule has 2 aliphatic heterocycles. The van der Waals surface area contributed by atoms with E-state index in [1.54, 1.807) is 4.90 Å². The van der Waals surface area contributed by atoms with Gasteiger partial charge < -0.3 is 10.1 Å². The standard InChI is InChI=1S/C20H20N2O3/c23-18-20(17(21-18)16-10-5-2-6-11-16)12-7-13-22(20)19(24)25-14-15-8-3-1-4-9-15/h1-6,8-11,17H,7,12-14H2,(H,21,23). The number of likely N-dealkylation sites (tertiary alicyclic amines) is 1. The first-order chi connectivity index (χ1) is 12.2. The van der Waals surface area contributed by atoms with Crippen LogP contribution < -0.4 is 5.32 Å². The fraction of sp³-hybridized carbons (Fsp3) is 0.300. The van der Waals surface area contributed by atoms with Gasteiger partial charge in [-0.15, -0.1) is 0 Å². The highest BCUT2D eigenvalue weighted by atomic mass is 16.6. The first-order valence-electron chi connectivity index (χ1n) is 8.56. The minimum absolute atomic E-state index is 0.0875. The Morgan fingerprint density at radius 2 is 1.80 bits per heavy atom. The number of benzene rings is 2. The average molecular weight is 336 g/mol. The maximum atomic E-state index is 12.7. The lowest BCUT2D eigenvalue weighted by molar-refractivity contribution is -0.146. The number of nitrogens with zero attached hydrogens (tertiary/aromatic N) is 1. The van der Waals surface area contributed by atoms with Gasteiger partial charge in [0, 0.05) is 6.54 Å². The van der Waals surface area contributed by atoms with Crippen molar-refractivity contribution in [3.8, 4) is 0 Å². The molecule has 5 nitrogen and oxygen atoms in total. The van der Waals surface area contributed by atoms with Gasteiger partial charge in [0.25, 0.3) is 0 Å². The molecule has 0 bridgehead atoms. The predicted octanol–water partition coefficient (Wildman–Crippen LogP) is 3.03. The molecule has 2 atom stereocenters. The highest BCUT2D eigenvalue weighted by Gasteiger charge is 2.63. The summed E-state index contributed by atoms with van der Waals surface area (Å²) in [4.78, 5) is 26.8. The monoisotopic (exact) mass is 336 g/mol. The van der Waals surface area contributed by atoms with E-state index in [1.807, 2.05) is 60.7 Å². The zero-order valence-electron chi connectivity index (χ0n) is 13.9. The van der Waals surface area contributed by atoms with Gasteiger partial charge >= 0.3 is 6.09 Å². The molecule has 2 aromatic rings. The number of hydrogen-bond acceptors (Lipinski definition) is 3. The molecule has 2 amide bonds. The third kappa shape index (κ3) is 2.56. The molecule has 2 fully saturated rings. The molecule has 4 rings (SSSR count). The Morgan fingerprint density at radius 3 is 2.48 bits per heavy atom. The molecule has 25 heavy (non-hydrogen) atoms. The van der Waals surface area contributed by atoms with E-state index in [-0.39, 0.29) is 18.6 Å². The van der Waals surface area contributed by atoms with E-state index in [0.29, 0.717) is 13.0 Å². The molecule has 0 saturated carbocycles. The molecule has 0 aromatic heterocycles. The summed E-state index contributed by atoms with van der Waals surface area (Å²) in [5, 5.41) is 2.96. The number of carbonyl (C=O) groups excluding carboxylic acids is 2. The van der Waals surface area contributed by atoms with Gasteiger partial charge in [-0.2, -0.15) is 0 Å². The summed E-state index contributed by atoms with van der Waals surface area (Å²) >= 11 is 0. The summed E-state index contributed by atoms with van der Waals surface area (Å²) in [6.07, 6.45) is 1.05. The lowest BCUT2D eigenvalue weighted by Crippen LogP contribution is -2.73. The molecule has 2 aliphatic rings. The van der Waals surface area contributed by atoms with Crippen molar-refractivity contribution in [2.75, 3.05) is 6.54 Å². The smallest absolute Gasteiger partial charge is 0.411 e. The SMILES string of the molecule is O=C(OCc1ccccc1)N1CCCC12C(=O)NC2c1ccccc1. The van der Waals surface area contributed by atoms with Crippen LogP contribution >= 0.6 is 0 Å². The molecular formula is C20H20N2O3. The van der Waals surface area contributed by atoms with Crippen LogP contribution in [0.3, 0.4) is 0 Å². The van der Waals surface area contributed by atoms with E-state index in [2.05, 4.69) is 5.32 Å². The molecule has 2 aromatic carbocycles. The van der Waals surface area contributed by atoms with Gasteiger partial charge in [-0.05, 0) is 24.0 Å². The van der Waals surface area contributed by atoms with E-state index in [9.17, 15) is 9.59 Å². The van der Waals surface area contributed by atoms with Crippen molar-refractivity contribution < 1.29 is 14.3 Å². The van der Waals surface area contributed by atoms with E-state index in [4.69, 9.17) is 4.74 Å². The Balaban J connectivity index is 1.53. The van der Waals surface area contributed by atoms with E-state index < -0.39 is 11.6 Å². The van der Waals surface area contributed by atoms with Gasteiger partial charge in [0.05, 0.1) is 6.04 Å². The average Bonchev–Trinajstić information content (AvgIpc) is 3.14. The summed E-state index contributed by atoms with van der Waals surface area (Å²) in [7, 11) is 0. The first kappa shape index (κ1) is 15.7. The van der Waals surface area contributed by atoms with E-state index in [1.165, 1.54) is 0 Å². The molecule has 1 spiro atoms. The van der Waals surface area contributed by atoms with Crippen molar-refractivity contribution in [1.29, 1.82) is 0 Å². The molecule has 0 aliphatic carbocycles. The second-order valence-corrected chi connectivity index (χ2v) is 6.54. The number of amides is 2. The normalized spacial score (nSPS) is 24.7. The number of carbonyl (C=O) groups is 2. The van der Waals surface area contributed by atoms with Crippen LogP contribution in [0.5, 0.6) is 0 Å². The minimum atomic E-state index is -0.810. The third-order valence-corrected chi connectivity index (χ3v) is 5.13. The molecular weight excluding hydrogens is 316 g/mol. The summed E-state index contributed by atoms with van der Waals surface area (Å²) in [5.74, 6) is -0.0875. The Hall–Kier alpha value is -2.82. The largest absolute Gasteiger partial charge is 0.445 e. The van der Waals surface area contributed by atoms with Gasteiger partial charge in [-0.1, -0.05) is 60.7 Å². The quantitative estimate of drug-likeness (QED) is 0.877. The van der Waals surface area contributed by atoms with E-state index in [0.717, 1.165) is 17.5 Å². The lowest BCUT2D eigenvalue weighted by Gasteiger charge is -2.50. The zero-order chi connectivity index (χ0) is 17.3. The molecule has 0 radical (unpaired) electrons. The van der Waals surface area contributed by atoms with Crippen LogP contribution in [-0.2, 0) is 16.1 Å². The van der Waals surface area contributed by atoms with Gasteiger partial charge in [0.15, 0.2) is 0 Å². The van der Waals surface area contributed by atoms with Crippen molar-refractivity contribution in [3.05, 3.63) is 71.8 Å². The molecule has 1 N–H and O–H groups in total. The van der Waals surface area contributed by atoms with Gasteiger partial charge in [-0.25, -0.2) is 4.79 Å². The summed E-state index contributed by atoms with van der Waals surface area (Å²) in [6, 6.07) is 19.2. The van der Waals surface area contributed by atoms with Crippen LogP contribution in [0.2, 0.25) is 0 Å². The highest BCUT2D eigenvalue weighted by Crippen LogP contribution is 2.46. The molecule has 2 heterocycles. The topological polar surface area (TPSA) is 58.6 Å². The number of hydrogen-bond donors (Lipinski definition) is 1. The Labute approximate surface area is 146 Å². The van der Waals surface area contributed by atoms with Crippen molar-refractivity contribution in [1.82, 2.24) is 10.2 Å². The van der Waals surface area contributed by atoms with Crippen LogP contribution in [0.1, 0.15) is 30.0 Å². The predicted molar refractivity (Wildman–Crippen MR) is 92.6 cm³/mol. The van der Waals surface area contributed by atoms with Crippen molar-refractivity contribution in [2.45, 2.75) is 31.0 Å². The Bertz CT molecular complexity index is 778. The summed E-state index contributed by atoms with van der Waals surface area (Å²) < 4.78 is 5.48. The second kappa shape index (κ2) is 6.24. The maximum absolute atomic E-state index is 12.7. The molecule has 5 heteroatoms. The van der Waals surface area contributed by atoms with Crippen LogP contribution in [0.4, 0.5) is 4.79 Å². The summed E-state index contributed by atoms with van der Waals surface area (Å²) in [5.41, 5.74) is 1.14. The van der Waals surface area contributed by atoms with Crippen LogP contribution in [0.25, 0.3) is 0 Å². The second-order valence-electron chi connectivity index (χ2n) is 6.54. The fourth-order valence-corrected chi connectivity index (χ4v) is 3.86. The van der Waals surface area contributed by atoms with E-state index >= 15 is 0 Å². The third-order valence-electron chi connectivity index (χ3n) is 5.13. The minimum Gasteiger partial charge on any atom is -0.445 e. The fourth-order valence-electron chi connectivity index (χ4n) is 3.86. The number of ether oxygens (including phenoxy) is 1. The van der Waals surface area contributed by atoms with Crippen molar-refractivity contribution >= 4 is 12.0 Å². The van der Waals surface area contributed by atoms with Gasteiger partial charge in [0.2, 0.25) is 5.91 Å². The van der Waals surface area contributed by atoms with Gasteiger partial charge in [-0.3, -0.25) is 9.69 Å². The van der Waals surface area contributed by atoms with Crippen LogP contribution in [0.15, 0.2) is 60.7 Å². The number of rotatable bonds is 3. The maximum Gasteiger partial charge on any atom is 0.411 e. The zero-order valence-corrected chi connectivity index (χ0v) is 13.9. The van der Waals surface area contributed by atoms with Crippen molar-refractivity contribution in [3.63, 3.8) is 0 Å². The summed E-state index contributed by atoms with van der Waals surface area (Å²) in [6.45, 7) is 0.758. The van der Waals surface area contributed by atoms with Crippen LogP contribution in [-0.4, -0.2) is 29.0 Å². The molecule has 2 saturated heterocycles.